The predicted octanol–water partition coefficient (Wildman–Crippen LogP) is 2.35. The van der Waals surface area contributed by atoms with Crippen molar-refractivity contribution in [3.8, 4) is 0 Å². The molecule has 0 fully saturated rings. The molecule has 1 aliphatic rings. The molecule has 1 heterocycles. The molecule has 0 saturated heterocycles. The van der Waals surface area contributed by atoms with Crippen LogP contribution in [-0.2, 0) is 4.74 Å². The number of thioether (sulfide) groups is 1. The van der Waals surface area contributed by atoms with Crippen LogP contribution < -0.4 is 5.73 Å². The number of benzene rings is 1. The molecule has 0 aliphatic carbocycles. The van der Waals surface area contributed by atoms with Crippen LogP contribution in [0.1, 0.15) is 22.7 Å². The summed E-state index contributed by atoms with van der Waals surface area (Å²) in [6.45, 7) is 0.458. The zero-order valence-corrected chi connectivity index (χ0v) is 9.81. The first kappa shape index (κ1) is 11.1. The van der Waals surface area contributed by atoms with Crippen molar-refractivity contribution < 1.29 is 9.84 Å². The Labute approximate surface area is 97.6 Å². The van der Waals surface area contributed by atoms with E-state index < -0.39 is 6.29 Å². The summed E-state index contributed by atoms with van der Waals surface area (Å²) in [5.41, 5.74) is 8.11. The highest BCUT2D eigenvalue weighted by Crippen LogP contribution is 2.43. The van der Waals surface area contributed by atoms with Gasteiger partial charge >= 0.3 is 0 Å². The standard InChI is InChI=1S/C10H12ClNO2S/c1-15-7-4-14-10(13)5-2-3-6(11)9(12)8(5)7/h2-3,7,10,13H,4,12H2,1H3. The molecule has 1 aliphatic heterocycles. The second kappa shape index (κ2) is 4.22. The number of aliphatic hydroxyl groups excluding tert-OH is 1. The molecule has 5 heteroatoms. The topological polar surface area (TPSA) is 55.5 Å². The summed E-state index contributed by atoms with van der Waals surface area (Å²) >= 11 is 7.60. The van der Waals surface area contributed by atoms with Crippen molar-refractivity contribution in [3.63, 3.8) is 0 Å². The lowest BCUT2D eigenvalue weighted by atomic mass is 10.00. The summed E-state index contributed by atoms with van der Waals surface area (Å²) in [7, 11) is 0. The Morgan fingerprint density at radius 1 is 1.60 bits per heavy atom. The van der Waals surface area contributed by atoms with Gasteiger partial charge in [-0.2, -0.15) is 11.8 Å². The van der Waals surface area contributed by atoms with E-state index in [0.717, 1.165) is 11.1 Å². The van der Waals surface area contributed by atoms with Crippen LogP contribution in [0, 0.1) is 0 Å². The SMILES string of the molecule is CSC1COC(O)c2ccc(Cl)c(N)c21. The fraction of sp³-hybridized carbons (Fsp3) is 0.400. The van der Waals surface area contributed by atoms with Crippen LogP contribution in [0.2, 0.25) is 5.02 Å². The van der Waals surface area contributed by atoms with Crippen molar-refractivity contribution in [2.45, 2.75) is 11.5 Å². The Kier molecular flexibility index (Phi) is 3.11. The van der Waals surface area contributed by atoms with Crippen LogP contribution in [0.15, 0.2) is 12.1 Å². The van der Waals surface area contributed by atoms with Crippen LogP contribution in [-0.4, -0.2) is 18.0 Å². The van der Waals surface area contributed by atoms with Gasteiger partial charge in [-0.3, -0.25) is 0 Å². The maximum atomic E-state index is 9.66. The lowest BCUT2D eigenvalue weighted by Gasteiger charge is -2.29. The second-order valence-electron chi connectivity index (χ2n) is 3.37. The number of aliphatic hydroxyl groups is 1. The van der Waals surface area contributed by atoms with E-state index in [1.54, 1.807) is 23.9 Å². The second-order valence-corrected chi connectivity index (χ2v) is 4.82. The minimum Gasteiger partial charge on any atom is -0.397 e. The average Bonchev–Trinajstić information content (AvgIpc) is 2.24. The zero-order valence-electron chi connectivity index (χ0n) is 8.24. The van der Waals surface area contributed by atoms with Crippen molar-refractivity contribution in [3.05, 3.63) is 28.3 Å². The van der Waals surface area contributed by atoms with Gasteiger partial charge in [-0.15, -0.1) is 0 Å². The van der Waals surface area contributed by atoms with Gasteiger partial charge in [-0.1, -0.05) is 17.7 Å². The highest BCUT2D eigenvalue weighted by molar-refractivity contribution is 7.98. The minimum absolute atomic E-state index is 0.141. The van der Waals surface area contributed by atoms with E-state index in [0.29, 0.717) is 17.3 Å². The quantitative estimate of drug-likeness (QED) is 0.746. The van der Waals surface area contributed by atoms with Gasteiger partial charge in [0.1, 0.15) is 0 Å². The van der Waals surface area contributed by atoms with Crippen LogP contribution >= 0.6 is 23.4 Å². The van der Waals surface area contributed by atoms with Crippen molar-refractivity contribution in [1.82, 2.24) is 0 Å². The molecule has 1 aromatic rings. The van der Waals surface area contributed by atoms with Crippen molar-refractivity contribution >= 4 is 29.1 Å². The van der Waals surface area contributed by atoms with E-state index in [9.17, 15) is 5.11 Å². The van der Waals surface area contributed by atoms with Crippen molar-refractivity contribution in [1.29, 1.82) is 0 Å². The monoisotopic (exact) mass is 245 g/mol. The number of hydrogen-bond acceptors (Lipinski definition) is 4. The summed E-state index contributed by atoms with van der Waals surface area (Å²) in [6, 6.07) is 3.45. The molecule has 2 atom stereocenters. The molecule has 3 N–H and O–H groups in total. The number of rotatable bonds is 1. The van der Waals surface area contributed by atoms with Gasteiger partial charge in [0.2, 0.25) is 0 Å². The molecule has 82 valence electrons. The molecule has 1 aromatic carbocycles. The fourth-order valence-corrected chi connectivity index (χ4v) is 2.62. The summed E-state index contributed by atoms with van der Waals surface area (Å²) in [5.74, 6) is 0. The highest BCUT2D eigenvalue weighted by atomic mass is 35.5. The molecule has 2 rings (SSSR count). The summed E-state index contributed by atoms with van der Waals surface area (Å²) < 4.78 is 5.24. The van der Waals surface area contributed by atoms with Gasteiger partial charge in [0.15, 0.2) is 6.29 Å². The van der Waals surface area contributed by atoms with Gasteiger partial charge in [-0.25, -0.2) is 0 Å². The Balaban J connectivity index is 2.57. The smallest absolute Gasteiger partial charge is 0.181 e. The summed E-state index contributed by atoms with van der Waals surface area (Å²) in [6.07, 6.45) is 1.10. The van der Waals surface area contributed by atoms with E-state index >= 15 is 0 Å². The molecular weight excluding hydrogens is 234 g/mol. The summed E-state index contributed by atoms with van der Waals surface area (Å²) in [4.78, 5) is 0. The third-order valence-corrected chi connectivity index (χ3v) is 3.82. The number of nitrogen functional groups attached to an aromatic ring is 1. The Morgan fingerprint density at radius 2 is 2.33 bits per heavy atom. The minimum atomic E-state index is -0.886. The van der Waals surface area contributed by atoms with Gasteiger partial charge in [-0.05, 0) is 12.3 Å². The molecule has 15 heavy (non-hydrogen) atoms. The first-order valence-corrected chi connectivity index (χ1v) is 6.22. The molecule has 0 saturated carbocycles. The maximum Gasteiger partial charge on any atom is 0.181 e. The van der Waals surface area contributed by atoms with E-state index in [2.05, 4.69) is 0 Å². The van der Waals surface area contributed by atoms with Gasteiger partial charge in [0, 0.05) is 11.1 Å². The third kappa shape index (κ3) is 1.83. The maximum absolute atomic E-state index is 9.66. The van der Waals surface area contributed by atoms with E-state index in [4.69, 9.17) is 22.1 Å². The van der Waals surface area contributed by atoms with Gasteiger partial charge in [0.25, 0.3) is 0 Å². The normalized spacial score (nSPS) is 25.0. The molecule has 2 unspecified atom stereocenters. The first-order chi connectivity index (χ1) is 7.15. The largest absolute Gasteiger partial charge is 0.397 e. The third-order valence-electron chi connectivity index (χ3n) is 2.55. The lowest BCUT2D eigenvalue weighted by Crippen LogP contribution is -2.20. The fourth-order valence-electron chi connectivity index (χ4n) is 1.74. The summed E-state index contributed by atoms with van der Waals surface area (Å²) in [5, 5.41) is 10.3. The molecule has 0 radical (unpaired) electrons. The molecule has 0 amide bonds. The Morgan fingerprint density at radius 3 is 3.00 bits per heavy atom. The highest BCUT2D eigenvalue weighted by Gasteiger charge is 2.28. The van der Waals surface area contributed by atoms with E-state index in [1.807, 2.05) is 6.26 Å². The number of hydrogen-bond donors (Lipinski definition) is 2. The number of anilines is 1. The van der Waals surface area contributed by atoms with Crippen LogP contribution in [0.4, 0.5) is 5.69 Å². The van der Waals surface area contributed by atoms with Gasteiger partial charge in [0.05, 0.1) is 22.6 Å². The van der Waals surface area contributed by atoms with Crippen molar-refractivity contribution in [2.24, 2.45) is 0 Å². The Hall–Kier alpha value is -0.420. The Bertz CT molecular complexity index is 386. The number of halogens is 1. The average molecular weight is 246 g/mol. The molecule has 3 nitrogen and oxygen atoms in total. The van der Waals surface area contributed by atoms with Crippen LogP contribution in [0.3, 0.4) is 0 Å². The number of fused-ring (bicyclic) bond motifs is 1. The van der Waals surface area contributed by atoms with Crippen LogP contribution in [0.5, 0.6) is 0 Å². The molecular formula is C10H12ClNO2S. The number of ether oxygens (including phenoxy) is 1. The predicted molar refractivity (Wildman–Crippen MR) is 63.0 cm³/mol. The first-order valence-electron chi connectivity index (χ1n) is 4.55. The molecule has 0 bridgehead atoms. The van der Waals surface area contributed by atoms with Gasteiger partial charge < -0.3 is 15.6 Å². The molecule has 0 spiro atoms. The zero-order chi connectivity index (χ0) is 11.0. The molecule has 0 aromatic heterocycles. The van der Waals surface area contributed by atoms with Crippen LogP contribution in [0.25, 0.3) is 0 Å². The number of nitrogens with two attached hydrogens (primary N) is 1. The van der Waals surface area contributed by atoms with Crippen molar-refractivity contribution in [2.75, 3.05) is 18.6 Å². The lowest BCUT2D eigenvalue weighted by molar-refractivity contribution is -0.111. The van der Waals surface area contributed by atoms with E-state index in [1.165, 1.54) is 0 Å². The van der Waals surface area contributed by atoms with E-state index in [-0.39, 0.29) is 5.25 Å².